The Morgan fingerprint density at radius 2 is 1.66 bits per heavy atom. The number of likely N-dealkylation sites (tertiary alicyclic amines) is 2. The van der Waals surface area contributed by atoms with Crippen LogP contribution in [0.4, 0.5) is 9.59 Å². The summed E-state index contributed by atoms with van der Waals surface area (Å²) in [5.74, 6) is 1.63. The lowest BCUT2D eigenvalue weighted by Crippen LogP contribution is -2.55. The van der Waals surface area contributed by atoms with Crippen LogP contribution in [0.3, 0.4) is 0 Å². The minimum absolute atomic E-state index is 0.00299. The van der Waals surface area contributed by atoms with Crippen molar-refractivity contribution in [1.82, 2.24) is 40.4 Å². The van der Waals surface area contributed by atoms with Crippen LogP contribution >= 0.6 is 0 Å². The molecule has 3 fully saturated rings. The van der Waals surface area contributed by atoms with Crippen molar-refractivity contribution in [3.05, 3.63) is 65.9 Å². The van der Waals surface area contributed by atoms with E-state index >= 15 is 0 Å². The molecule has 7 atom stereocenters. The van der Waals surface area contributed by atoms with Gasteiger partial charge in [0, 0.05) is 35.6 Å². The van der Waals surface area contributed by atoms with Crippen LogP contribution in [0.1, 0.15) is 102 Å². The highest BCUT2D eigenvalue weighted by molar-refractivity contribution is 6.07. The molecule has 9 rings (SSSR count). The molecule has 338 valence electrons. The lowest BCUT2D eigenvalue weighted by Gasteiger charge is -2.36. The molecule has 4 aliphatic rings. The van der Waals surface area contributed by atoms with E-state index in [0.29, 0.717) is 25.6 Å². The van der Waals surface area contributed by atoms with E-state index in [4.69, 9.17) is 28.9 Å². The number of H-pyrrole nitrogens is 2. The van der Waals surface area contributed by atoms with Gasteiger partial charge in [0.2, 0.25) is 11.8 Å². The fourth-order valence-electron chi connectivity index (χ4n) is 10.4. The Morgan fingerprint density at radius 3 is 2.41 bits per heavy atom. The van der Waals surface area contributed by atoms with E-state index in [1.807, 2.05) is 42.8 Å². The Bertz CT molecular complexity index is 2580. The highest BCUT2D eigenvalue weighted by Crippen LogP contribution is 2.44. The number of aromatic nitrogens is 4. The van der Waals surface area contributed by atoms with Crippen molar-refractivity contribution in [3.8, 4) is 28.1 Å². The van der Waals surface area contributed by atoms with E-state index in [0.717, 1.165) is 106 Å². The van der Waals surface area contributed by atoms with Crippen LogP contribution in [0, 0.1) is 11.8 Å². The van der Waals surface area contributed by atoms with Gasteiger partial charge < -0.3 is 49.3 Å². The summed E-state index contributed by atoms with van der Waals surface area (Å²) in [6.07, 6.45) is 6.09. The van der Waals surface area contributed by atoms with Crippen LogP contribution in [0.15, 0.2) is 48.7 Å². The van der Waals surface area contributed by atoms with Gasteiger partial charge >= 0.3 is 12.2 Å². The second-order valence-electron chi connectivity index (χ2n) is 18.0. The molecular formula is C48H58N8O8. The van der Waals surface area contributed by atoms with Crippen molar-refractivity contribution in [2.45, 2.75) is 115 Å². The summed E-state index contributed by atoms with van der Waals surface area (Å²) in [5, 5.41) is 7.54. The first-order chi connectivity index (χ1) is 31.0. The Kier molecular flexibility index (Phi) is 12.0. The lowest BCUT2D eigenvalue weighted by atomic mass is 9.92. The first kappa shape index (κ1) is 43.1. The normalized spacial score (nSPS) is 22.8. The largest absolute Gasteiger partial charge is 0.488 e. The number of carbonyl (C=O) groups is 4. The molecule has 16 nitrogen and oxygen atoms in total. The van der Waals surface area contributed by atoms with Crippen LogP contribution in [0.25, 0.3) is 44.2 Å². The average molecular weight is 875 g/mol. The SMILES string of the molecule is CC[C@H]1CC[C@@H](c2nc3c(ccc4cc5c(cc43)OCc3cc(-c4cnc([C@@H]6CCC(C)N6C(=O)[C@@H](NC(=O)OC)C(C)C)[nH]4)ccc3-5)[nH]2)N1C(=O)[C@@H](NC(=O)OC)[C@@H]1CCCOC1. The lowest BCUT2D eigenvalue weighted by molar-refractivity contribution is -0.139. The number of carbonyl (C=O) groups excluding carboxylic acids is 4. The maximum Gasteiger partial charge on any atom is 0.407 e. The molecule has 0 saturated carbocycles. The van der Waals surface area contributed by atoms with Gasteiger partial charge in [-0.25, -0.2) is 19.6 Å². The van der Waals surface area contributed by atoms with Gasteiger partial charge in [0.15, 0.2) is 0 Å². The minimum Gasteiger partial charge on any atom is -0.488 e. The second kappa shape index (κ2) is 17.8. The van der Waals surface area contributed by atoms with Gasteiger partial charge in [0.05, 0.1) is 55.8 Å². The van der Waals surface area contributed by atoms with Crippen molar-refractivity contribution >= 4 is 45.8 Å². The van der Waals surface area contributed by atoms with Crippen molar-refractivity contribution in [3.63, 3.8) is 0 Å². The van der Waals surface area contributed by atoms with E-state index in [9.17, 15) is 19.2 Å². The molecule has 1 unspecified atom stereocenters. The van der Waals surface area contributed by atoms with Crippen molar-refractivity contribution in [2.24, 2.45) is 11.8 Å². The molecule has 3 saturated heterocycles. The standard InChI is InChI=1S/C48H58N8O8/c1-7-31-13-17-38(56(31)46(58)41(54-48(60)62-6)29-9-8-18-63-23-29)44-50-35-15-12-27-20-34-32-14-11-28(19-30(32)24-64-39(34)21-33(27)42(35)52-44)36-22-49-43(51-36)37-16-10-26(4)55(37)45(57)40(25(2)3)53-47(59)61-5/h11-12,14-15,19-22,25-26,29,31,37-38,40-41H,7-10,13,16-18,23-24H2,1-6H3,(H,49,51)(H,50,52)(H,53,59)(H,54,60)/t26?,29-,31+,37+,38+,40+,41+/m1/s1. The summed E-state index contributed by atoms with van der Waals surface area (Å²) in [6, 6.07) is 12.7. The summed E-state index contributed by atoms with van der Waals surface area (Å²) in [7, 11) is 2.60. The molecule has 0 bridgehead atoms. The molecule has 4 aliphatic heterocycles. The Morgan fingerprint density at radius 1 is 0.875 bits per heavy atom. The van der Waals surface area contributed by atoms with Crippen LogP contribution in [0.2, 0.25) is 0 Å². The summed E-state index contributed by atoms with van der Waals surface area (Å²) < 4.78 is 22.0. The number of nitrogens with zero attached hydrogens (tertiary/aromatic N) is 4. The first-order valence-corrected chi connectivity index (χ1v) is 22.7. The number of alkyl carbamates (subject to hydrolysis) is 2. The maximum absolute atomic E-state index is 14.5. The number of nitrogens with one attached hydrogen (secondary N) is 4. The predicted molar refractivity (Wildman–Crippen MR) is 239 cm³/mol. The predicted octanol–water partition coefficient (Wildman–Crippen LogP) is 7.69. The van der Waals surface area contributed by atoms with Crippen LogP contribution in [-0.2, 0) is 30.4 Å². The highest BCUT2D eigenvalue weighted by Gasteiger charge is 2.45. The summed E-state index contributed by atoms with van der Waals surface area (Å²) in [4.78, 5) is 73.9. The third-order valence-electron chi connectivity index (χ3n) is 13.8. The van der Waals surface area contributed by atoms with Gasteiger partial charge in [-0.3, -0.25) is 9.59 Å². The molecular weight excluding hydrogens is 817 g/mol. The third kappa shape index (κ3) is 7.90. The zero-order valence-electron chi connectivity index (χ0n) is 37.4. The number of hydrogen-bond donors (Lipinski definition) is 4. The first-order valence-electron chi connectivity index (χ1n) is 22.7. The zero-order valence-corrected chi connectivity index (χ0v) is 37.4. The molecule has 4 amide bonds. The fraction of sp³-hybridized carbons (Fsp3) is 0.500. The second-order valence-corrected chi connectivity index (χ2v) is 18.0. The van der Waals surface area contributed by atoms with Gasteiger partial charge in [-0.15, -0.1) is 0 Å². The Balaban J connectivity index is 0.971. The van der Waals surface area contributed by atoms with Gasteiger partial charge in [0.1, 0.15) is 36.1 Å². The van der Waals surface area contributed by atoms with Gasteiger partial charge in [0.25, 0.3) is 0 Å². The fourth-order valence-corrected chi connectivity index (χ4v) is 10.4. The molecule has 0 radical (unpaired) electrons. The van der Waals surface area contributed by atoms with Gasteiger partial charge in [-0.1, -0.05) is 39.0 Å². The van der Waals surface area contributed by atoms with Crippen molar-refractivity contribution < 1.29 is 38.1 Å². The summed E-state index contributed by atoms with van der Waals surface area (Å²) in [6.45, 7) is 9.36. The van der Waals surface area contributed by atoms with Crippen molar-refractivity contribution in [1.29, 1.82) is 0 Å². The van der Waals surface area contributed by atoms with E-state index in [1.54, 1.807) is 0 Å². The topological polar surface area (TPSA) is 193 Å². The van der Waals surface area contributed by atoms with Crippen LogP contribution < -0.4 is 15.4 Å². The van der Waals surface area contributed by atoms with Crippen LogP contribution in [-0.4, -0.2) is 105 Å². The number of rotatable bonds is 10. The Hall–Kier alpha value is -6.16. The smallest absolute Gasteiger partial charge is 0.407 e. The molecule has 5 aromatic rings. The van der Waals surface area contributed by atoms with E-state index in [2.05, 4.69) is 63.9 Å². The Labute approximate surface area is 372 Å². The van der Waals surface area contributed by atoms with E-state index < -0.39 is 24.3 Å². The molecule has 0 spiro atoms. The number of amides is 4. The number of hydrogen-bond acceptors (Lipinski definition) is 10. The summed E-state index contributed by atoms with van der Waals surface area (Å²) >= 11 is 0. The van der Waals surface area contributed by atoms with Gasteiger partial charge in [-0.05, 0) is 104 Å². The molecule has 6 heterocycles. The molecule has 4 N–H and O–H groups in total. The van der Waals surface area contributed by atoms with E-state index in [1.165, 1.54) is 14.2 Å². The number of aromatic amines is 2. The summed E-state index contributed by atoms with van der Waals surface area (Å²) in [5.41, 5.74) is 6.59. The third-order valence-corrected chi connectivity index (χ3v) is 13.8. The van der Waals surface area contributed by atoms with Gasteiger partial charge in [-0.2, -0.15) is 0 Å². The quantitative estimate of drug-likeness (QED) is 0.108. The van der Waals surface area contributed by atoms with Crippen molar-refractivity contribution in [2.75, 3.05) is 27.4 Å². The molecule has 3 aromatic carbocycles. The van der Waals surface area contributed by atoms with E-state index in [-0.39, 0.29) is 47.8 Å². The number of methoxy groups -OCH3 is 2. The van der Waals surface area contributed by atoms with Crippen LogP contribution in [0.5, 0.6) is 5.75 Å². The maximum atomic E-state index is 14.5. The number of benzene rings is 3. The molecule has 0 aliphatic carbocycles. The number of fused-ring (bicyclic) bond motifs is 6. The average Bonchev–Trinajstić information content (AvgIpc) is 4.14. The number of imidazole rings is 2. The molecule has 16 heteroatoms. The molecule has 64 heavy (non-hydrogen) atoms. The number of ether oxygens (including phenoxy) is 4. The monoisotopic (exact) mass is 874 g/mol. The molecule has 2 aromatic heterocycles. The minimum atomic E-state index is -0.766. The zero-order chi connectivity index (χ0) is 44.8. The highest BCUT2D eigenvalue weighted by atomic mass is 16.5.